The first-order valence-electron chi connectivity index (χ1n) is 12.9. The normalized spacial score (nSPS) is 23.0. The highest BCUT2D eigenvalue weighted by molar-refractivity contribution is 6.22. The number of aliphatic hydroxyl groups excluding tert-OH is 2. The van der Waals surface area contributed by atoms with Gasteiger partial charge in [0.2, 0.25) is 11.8 Å². The van der Waals surface area contributed by atoms with Gasteiger partial charge in [0, 0.05) is 5.92 Å². The number of carbonyl (C=O) groups is 2. The van der Waals surface area contributed by atoms with E-state index in [2.05, 4.69) is 0 Å². The SMILES string of the molecule is CCC/C(=C\c1ccc(O)c(F)c1)CC[C@@H](O)C1=C(C)C[C@H]2C(=O)N(c3ccccc3)C(=O)[C@H]2[C@H]1CO. The summed E-state index contributed by atoms with van der Waals surface area (Å²) in [5.74, 6) is -3.59. The Balaban J connectivity index is 1.54. The van der Waals surface area contributed by atoms with Crippen molar-refractivity contribution in [2.75, 3.05) is 11.5 Å². The average molecular weight is 508 g/mol. The first-order chi connectivity index (χ1) is 17.8. The van der Waals surface area contributed by atoms with Gasteiger partial charge in [-0.25, -0.2) is 4.39 Å². The number of benzene rings is 2. The van der Waals surface area contributed by atoms with Crippen LogP contribution < -0.4 is 4.90 Å². The van der Waals surface area contributed by atoms with Crippen molar-refractivity contribution in [3.63, 3.8) is 0 Å². The Hall–Kier alpha value is -3.29. The molecule has 4 atom stereocenters. The van der Waals surface area contributed by atoms with E-state index in [0.29, 0.717) is 36.1 Å². The van der Waals surface area contributed by atoms with Crippen molar-refractivity contribution in [3.8, 4) is 5.75 Å². The molecule has 0 aromatic heterocycles. The standard InChI is InChI=1S/C30H34FNO5/c1-3-7-19(15-20-11-12-25(34)24(31)16-20)10-13-26(35)27-18(2)14-22-28(23(27)17-33)30(37)32(29(22)36)21-8-5-4-6-9-21/h4-6,8-9,11-12,15-16,22-23,26,28,33-35H,3,7,10,13-14,17H2,1-2H3/b19-15+/t22-,23+,26-,28-/m1/s1. The summed E-state index contributed by atoms with van der Waals surface area (Å²) in [7, 11) is 0. The van der Waals surface area contributed by atoms with E-state index in [4.69, 9.17) is 0 Å². The lowest BCUT2D eigenvalue weighted by molar-refractivity contribution is -0.123. The van der Waals surface area contributed by atoms with Crippen molar-refractivity contribution in [1.29, 1.82) is 0 Å². The number of hydrogen-bond acceptors (Lipinski definition) is 5. The molecule has 3 N–H and O–H groups in total. The van der Waals surface area contributed by atoms with Crippen LogP contribution in [-0.2, 0) is 9.59 Å². The number of imide groups is 1. The Morgan fingerprint density at radius 2 is 1.86 bits per heavy atom. The van der Waals surface area contributed by atoms with Crippen LogP contribution in [0, 0.1) is 23.6 Å². The van der Waals surface area contributed by atoms with Gasteiger partial charge < -0.3 is 15.3 Å². The highest BCUT2D eigenvalue weighted by atomic mass is 19.1. The zero-order valence-electron chi connectivity index (χ0n) is 21.2. The maximum Gasteiger partial charge on any atom is 0.238 e. The number of halogens is 1. The number of phenols is 1. The number of nitrogens with zero attached hydrogens (tertiary/aromatic N) is 1. The molecule has 196 valence electrons. The summed E-state index contributed by atoms with van der Waals surface area (Å²) >= 11 is 0. The van der Waals surface area contributed by atoms with E-state index in [1.807, 2.05) is 26.0 Å². The Morgan fingerprint density at radius 1 is 1.14 bits per heavy atom. The van der Waals surface area contributed by atoms with Crippen LogP contribution in [0.25, 0.3) is 6.08 Å². The van der Waals surface area contributed by atoms with Gasteiger partial charge in [-0.2, -0.15) is 0 Å². The van der Waals surface area contributed by atoms with Crippen LogP contribution in [0.2, 0.25) is 0 Å². The number of aromatic hydroxyl groups is 1. The number of phenolic OH excluding ortho intramolecular Hbond substituents is 1. The molecule has 7 heteroatoms. The second-order valence-corrected chi connectivity index (χ2v) is 10.0. The Kier molecular flexibility index (Phi) is 8.25. The summed E-state index contributed by atoms with van der Waals surface area (Å²) in [6.07, 6.45) is 3.91. The highest BCUT2D eigenvalue weighted by Crippen LogP contribution is 2.47. The van der Waals surface area contributed by atoms with Gasteiger partial charge in [-0.1, -0.05) is 54.8 Å². The minimum absolute atomic E-state index is 0.262. The summed E-state index contributed by atoms with van der Waals surface area (Å²) in [6, 6.07) is 13.0. The number of rotatable bonds is 9. The molecule has 1 heterocycles. The molecule has 0 saturated carbocycles. The summed E-state index contributed by atoms with van der Waals surface area (Å²) in [5.41, 5.74) is 3.66. The molecule has 37 heavy (non-hydrogen) atoms. The first kappa shape index (κ1) is 26.8. The van der Waals surface area contributed by atoms with Gasteiger partial charge in [-0.15, -0.1) is 0 Å². The molecule has 0 spiro atoms. The molecule has 2 aliphatic rings. The Morgan fingerprint density at radius 3 is 2.51 bits per heavy atom. The van der Waals surface area contributed by atoms with Gasteiger partial charge in [0.1, 0.15) is 0 Å². The topological polar surface area (TPSA) is 98.1 Å². The third kappa shape index (κ3) is 5.38. The van der Waals surface area contributed by atoms with E-state index in [0.717, 1.165) is 24.0 Å². The molecule has 0 radical (unpaired) electrons. The molecule has 2 aromatic rings. The molecule has 1 saturated heterocycles. The number of para-hydroxylation sites is 1. The van der Waals surface area contributed by atoms with Crippen LogP contribution >= 0.6 is 0 Å². The molecular formula is C30H34FNO5. The summed E-state index contributed by atoms with van der Waals surface area (Å²) in [5, 5.41) is 31.1. The van der Waals surface area contributed by atoms with E-state index in [1.165, 1.54) is 17.0 Å². The summed E-state index contributed by atoms with van der Waals surface area (Å²) in [6.45, 7) is 3.57. The van der Waals surface area contributed by atoms with Gasteiger partial charge in [-0.3, -0.25) is 14.5 Å². The van der Waals surface area contributed by atoms with Crippen molar-refractivity contribution >= 4 is 23.6 Å². The third-order valence-corrected chi connectivity index (χ3v) is 7.55. The van der Waals surface area contributed by atoms with E-state index in [-0.39, 0.29) is 18.4 Å². The maximum absolute atomic E-state index is 13.8. The number of hydrogen-bond donors (Lipinski definition) is 3. The molecule has 2 amide bonds. The number of allylic oxidation sites excluding steroid dienone is 2. The van der Waals surface area contributed by atoms with Crippen LogP contribution in [0.4, 0.5) is 10.1 Å². The fourth-order valence-corrected chi connectivity index (χ4v) is 5.87. The van der Waals surface area contributed by atoms with Gasteiger partial charge in [0.25, 0.3) is 0 Å². The largest absolute Gasteiger partial charge is 0.505 e. The first-order valence-corrected chi connectivity index (χ1v) is 12.9. The number of anilines is 1. The van der Waals surface area contributed by atoms with Crippen molar-refractivity contribution in [2.24, 2.45) is 17.8 Å². The quantitative estimate of drug-likeness (QED) is 0.328. The van der Waals surface area contributed by atoms with Crippen LogP contribution in [0.15, 0.2) is 65.3 Å². The summed E-state index contributed by atoms with van der Waals surface area (Å²) < 4.78 is 13.8. The smallest absolute Gasteiger partial charge is 0.238 e. The van der Waals surface area contributed by atoms with Crippen molar-refractivity contribution in [2.45, 2.75) is 52.1 Å². The molecule has 4 rings (SSSR count). The summed E-state index contributed by atoms with van der Waals surface area (Å²) in [4.78, 5) is 27.9. The van der Waals surface area contributed by atoms with E-state index < -0.39 is 35.4 Å². The van der Waals surface area contributed by atoms with Crippen LogP contribution in [0.3, 0.4) is 0 Å². The fourth-order valence-electron chi connectivity index (χ4n) is 5.87. The monoisotopic (exact) mass is 507 g/mol. The van der Waals surface area contributed by atoms with E-state index in [1.54, 1.807) is 30.3 Å². The van der Waals surface area contributed by atoms with Gasteiger partial charge >= 0.3 is 0 Å². The molecular weight excluding hydrogens is 473 g/mol. The van der Waals surface area contributed by atoms with Crippen LogP contribution in [-0.4, -0.2) is 39.8 Å². The van der Waals surface area contributed by atoms with Crippen LogP contribution in [0.1, 0.15) is 51.5 Å². The lowest BCUT2D eigenvalue weighted by Gasteiger charge is -2.35. The third-order valence-electron chi connectivity index (χ3n) is 7.55. The lowest BCUT2D eigenvalue weighted by Crippen LogP contribution is -2.38. The number of amides is 2. The van der Waals surface area contributed by atoms with Gasteiger partial charge in [0.05, 0.1) is 30.2 Å². The van der Waals surface area contributed by atoms with Crippen LogP contribution in [0.5, 0.6) is 5.75 Å². The number of aliphatic hydroxyl groups is 2. The minimum Gasteiger partial charge on any atom is -0.505 e. The van der Waals surface area contributed by atoms with Gasteiger partial charge in [-0.05, 0) is 68.0 Å². The molecule has 6 nitrogen and oxygen atoms in total. The van der Waals surface area contributed by atoms with Crippen molar-refractivity contribution in [1.82, 2.24) is 0 Å². The van der Waals surface area contributed by atoms with Crippen molar-refractivity contribution < 1.29 is 29.3 Å². The second kappa shape index (κ2) is 11.4. The number of fused-ring (bicyclic) bond motifs is 1. The molecule has 1 fully saturated rings. The van der Waals surface area contributed by atoms with Crippen molar-refractivity contribution in [3.05, 3.63) is 76.6 Å². The second-order valence-electron chi connectivity index (χ2n) is 10.0. The predicted molar refractivity (Wildman–Crippen MR) is 140 cm³/mol. The fraction of sp³-hybridized carbons (Fsp3) is 0.400. The Bertz CT molecular complexity index is 1220. The molecule has 0 unspecified atom stereocenters. The average Bonchev–Trinajstić information content (AvgIpc) is 3.13. The molecule has 0 bridgehead atoms. The predicted octanol–water partition coefficient (Wildman–Crippen LogP) is 4.99. The molecule has 2 aromatic carbocycles. The van der Waals surface area contributed by atoms with Gasteiger partial charge in [0.15, 0.2) is 11.6 Å². The zero-order valence-corrected chi connectivity index (χ0v) is 21.2. The molecule has 1 aliphatic heterocycles. The maximum atomic E-state index is 13.8. The Labute approximate surface area is 216 Å². The zero-order chi connectivity index (χ0) is 26.7. The van der Waals surface area contributed by atoms with E-state index in [9.17, 15) is 29.3 Å². The molecule has 1 aliphatic carbocycles. The highest BCUT2D eigenvalue weighted by Gasteiger charge is 2.54. The minimum atomic E-state index is -0.886. The van der Waals surface area contributed by atoms with E-state index >= 15 is 0 Å². The number of carbonyl (C=O) groups excluding carboxylic acids is 2. The lowest BCUT2D eigenvalue weighted by atomic mass is 9.68.